The van der Waals surface area contributed by atoms with Gasteiger partial charge in [-0.2, -0.15) is 0 Å². The molecule has 0 aliphatic heterocycles. The molecule has 1 atom stereocenters. The van der Waals surface area contributed by atoms with Crippen LogP contribution < -0.4 is 5.73 Å². The van der Waals surface area contributed by atoms with Crippen molar-refractivity contribution in [1.82, 2.24) is 4.98 Å². The molecule has 0 aliphatic carbocycles. The maximum absolute atomic E-state index is 13.1. The van der Waals surface area contributed by atoms with E-state index < -0.39 is 6.17 Å². The molecule has 2 aromatic rings. The van der Waals surface area contributed by atoms with E-state index in [1.165, 1.54) is 6.92 Å². The van der Waals surface area contributed by atoms with Gasteiger partial charge in [0.1, 0.15) is 6.17 Å². The Balaban J connectivity index is 2.75. The molecule has 3 N–H and O–H groups in total. The SMILES string of the molecule is CC(F)c1c[nH]c2c(N)cccc12. The molecule has 0 spiro atoms. The van der Waals surface area contributed by atoms with Crippen molar-refractivity contribution in [2.24, 2.45) is 0 Å². The van der Waals surface area contributed by atoms with Crippen LogP contribution in [0.1, 0.15) is 18.7 Å². The number of alkyl halides is 1. The van der Waals surface area contributed by atoms with Crippen molar-refractivity contribution in [3.8, 4) is 0 Å². The highest BCUT2D eigenvalue weighted by Gasteiger charge is 2.10. The van der Waals surface area contributed by atoms with Gasteiger partial charge in [-0.15, -0.1) is 0 Å². The fraction of sp³-hybridized carbons (Fsp3) is 0.200. The lowest BCUT2D eigenvalue weighted by Crippen LogP contribution is -1.86. The highest BCUT2D eigenvalue weighted by Crippen LogP contribution is 2.28. The second kappa shape index (κ2) is 2.76. The second-order valence-electron chi connectivity index (χ2n) is 3.13. The molecule has 2 rings (SSSR count). The van der Waals surface area contributed by atoms with Crippen LogP contribution in [-0.4, -0.2) is 4.98 Å². The molecule has 13 heavy (non-hydrogen) atoms. The van der Waals surface area contributed by atoms with Crippen molar-refractivity contribution < 1.29 is 4.39 Å². The molecule has 0 saturated carbocycles. The quantitative estimate of drug-likeness (QED) is 0.648. The third-order valence-corrected chi connectivity index (χ3v) is 2.21. The van der Waals surface area contributed by atoms with E-state index in [0.29, 0.717) is 11.3 Å². The number of anilines is 1. The zero-order chi connectivity index (χ0) is 9.42. The fourth-order valence-corrected chi connectivity index (χ4v) is 1.53. The first-order valence-corrected chi connectivity index (χ1v) is 4.19. The minimum atomic E-state index is -0.962. The predicted octanol–water partition coefficient (Wildman–Crippen LogP) is 2.78. The zero-order valence-corrected chi connectivity index (χ0v) is 7.34. The van der Waals surface area contributed by atoms with Gasteiger partial charge >= 0.3 is 0 Å². The van der Waals surface area contributed by atoms with Gasteiger partial charge in [0.2, 0.25) is 0 Å². The normalized spacial score (nSPS) is 13.4. The number of hydrogen-bond donors (Lipinski definition) is 2. The first kappa shape index (κ1) is 8.10. The third-order valence-electron chi connectivity index (χ3n) is 2.21. The molecule has 68 valence electrons. The summed E-state index contributed by atoms with van der Waals surface area (Å²) < 4.78 is 13.1. The number of rotatable bonds is 1. The number of benzene rings is 1. The topological polar surface area (TPSA) is 41.8 Å². The number of aromatic amines is 1. The van der Waals surface area contributed by atoms with Crippen molar-refractivity contribution in [2.75, 3.05) is 5.73 Å². The summed E-state index contributed by atoms with van der Waals surface area (Å²) in [5.74, 6) is 0. The van der Waals surface area contributed by atoms with Gasteiger partial charge in [0.05, 0.1) is 11.2 Å². The molecule has 0 fully saturated rings. The highest BCUT2D eigenvalue weighted by atomic mass is 19.1. The van der Waals surface area contributed by atoms with Crippen molar-refractivity contribution >= 4 is 16.6 Å². The van der Waals surface area contributed by atoms with Gasteiger partial charge < -0.3 is 10.7 Å². The van der Waals surface area contributed by atoms with Crippen molar-refractivity contribution in [3.05, 3.63) is 30.0 Å². The predicted molar refractivity (Wildman–Crippen MR) is 52.2 cm³/mol. The van der Waals surface area contributed by atoms with E-state index in [-0.39, 0.29) is 0 Å². The highest BCUT2D eigenvalue weighted by molar-refractivity contribution is 5.92. The molecule has 3 heteroatoms. The molecule has 2 nitrogen and oxygen atoms in total. The lowest BCUT2D eigenvalue weighted by atomic mass is 10.1. The van der Waals surface area contributed by atoms with Gasteiger partial charge in [-0.1, -0.05) is 12.1 Å². The summed E-state index contributed by atoms with van der Waals surface area (Å²) in [6.07, 6.45) is 0.710. The molecule has 1 unspecified atom stereocenters. The molecule has 1 aromatic carbocycles. The van der Waals surface area contributed by atoms with Crippen LogP contribution in [0.25, 0.3) is 10.9 Å². The van der Waals surface area contributed by atoms with Crippen LogP contribution in [0.3, 0.4) is 0 Å². The summed E-state index contributed by atoms with van der Waals surface area (Å²) >= 11 is 0. The van der Waals surface area contributed by atoms with Crippen LogP contribution in [0, 0.1) is 0 Å². The smallest absolute Gasteiger partial charge is 0.124 e. The number of para-hydroxylation sites is 1. The number of fused-ring (bicyclic) bond motifs is 1. The van der Waals surface area contributed by atoms with E-state index in [0.717, 1.165) is 10.9 Å². The van der Waals surface area contributed by atoms with Gasteiger partial charge in [0.25, 0.3) is 0 Å². The second-order valence-corrected chi connectivity index (χ2v) is 3.13. The Labute approximate surface area is 75.6 Å². The zero-order valence-electron chi connectivity index (χ0n) is 7.34. The number of nitrogens with one attached hydrogen (secondary N) is 1. The molecular formula is C10H11FN2. The summed E-state index contributed by atoms with van der Waals surface area (Å²) in [5.41, 5.74) is 7.86. The Kier molecular flexibility index (Phi) is 1.72. The minimum absolute atomic E-state index is 0.657. The number of halogens is 1. The van der Waals surface area contributed by atoms with E-state index in [2.05, 4.69) is 4.98 Å². The summed E-state index contributed by atoms with van der Waals surface area (Å²) in [4.78, 5) is 2.97. The summed E-state index contributed by atoms with van der Waals surface area (Å²) in [5, 5.41) is 0.870. The van der Waals surface area contributed by atoms with Crippen LogP contribution in [0.15, 0.2) is 24.4 Å². The Morgan fingerprint density at radius 2 is 2.23 bits per heavy atom. The van der Waals surface area contributed by atoms with Crippen LogP contribution in [-0.2, 0) is 0 Å². The van der Waals surface area contributed by atoms with Gasteiger partial charge in [-0.05, 0) is 13.0 Å². The van der Waals surface area contributed by atoms with E-state index in [1.807, 2.05) is 12.1 Å². The van der Waals surface area contributed by atoms with Crippen LogP contribution in [0.4, 0.5) is 10.1 Å². The maximum atomic E-state index is 13.1. The molecule has 0 bridgehead atoms. The molecule has 0 radical (unpaired) electrons. The lowest BCUT2D eigenvalue weighted by Gasteiger charge is -1.99. The molecule has 0 saturated heterocycles. The Hall–Kier alpha value is -1.51. The summed E-state index contributed by atoms with van der Waals surface area (Å²) in [7, 11) is 0. The first-order chi connectivity index (χ1) is 6.20. The number of nitrogen functional groups attached to an aromatic ring is 1. The molecule has 0 amide bonds. The van der Waals surface area contributed by atoms with E-state index in [9.17, 15) is 4.39 Å². The molecular weight excluding hydrogens is 167 g/mol. The monoisotopic (exact) mass is 178 g/mol. The average molecular weight is 178 g/mol. The Morgan fingerprint density at radius 3 is 2.92 bits per heavy atom. The Bertz CT molecular complexity index is 431. The Morgan fingerprint density at radius 1 is 1.46 bits per heavy atom. The van der Waals surface area contributed by atoms with Crippen molar-refractivity contribution in [3.63, 3.8) is 0 Å². The van der Waals surface area contributed by atoms with Gasteiger partial charge in [0.15, 0.2) is 0 Å². The van der Waals surface area contributed by atoms with Crippen LogP contribution in [0.5, 0.6) is 0 Å². The lowest BCUT2D eigenvalue weighted by molar-refractivity contribution is 0.376. The van der Waals surface area contributed by atoms with Gasteiger partial charge in [0, 0.05) is 17.1 Å². The standard InChI is InChI=1S/C10H11FN2/c1-6(11)8-5-13-10-7(8)3-2-4-9(10)12/h2-6,13H,12H2,1H3. The molecule has 0 aliphatic rings. The average Bonchev–Trinajstić information content (AvgIpc) is 2.48. The van der Waals surface area contributed by atoms with E-state index in [1.54, 1.807) is 12.3 Å². The summed E-state index contributed by atoms with van der Waals surface area (Å²) in [6, 6.07) is 5.50. The minimum Gasteiger partial charge on any atom is -0.397 e. The summed E-state index contributed by atoms with van der Waals surface area (Å²) in [6.45, 7) is 1.52. The number of H-pyrrole nitrogens is 1. The number of hydrogen-bond acceptors (Lipinski definition) is 1. The first-order valence-electron chi connectivity index (χ1n) is 4.19. The molecule has 1 aromatic heterocycles. The number of aromatic nitrogens is 1. The largest absolute Gasteiger partial charge is 0.397 e. The van der Waals surface area contributed by atoms with Gasteiger partial charge in [-0.25, -0.2) is 4.39 Å². The number of nitrogens with two attached hydrogens (primary N) is 1. The fourth-order valence-electron chi connectivity index (χ4n) is 1.53. The molecule has 1 heterocycles. The van der Waals surface area contributed by atoms with E-state index >= 15 is 0 Å². The van der Waals surface area contributed by atoms with Gasteiger partial charge in [-0.3, -0.25) is 0 Å². The van der Waals surface area contributed by atoms with Crippen molar-refractivity contribution in [1.29, 1.82) is 0 Å². The van der Waals surface area contributed by atoms with Crippen LogP contribution >= 0.6 is 0 Å². The van der Waals surface area contributed by atoms with Crippen LogP contribution in [0.2, 0.25) is 0 Å². The van der Waals surface area contributed by atoms with E-state index in [4.69, 9.17) is 5.73 Å². The third kappa shape index (κ3) is 1.16. The van der Waals surface area contributed by atoms with Crippen molar-refractivity contribution in [2.45, 2.75) is 13.1 Å². The maximum Gasteiger partial charge on any atom is 0.124 e.